The van der Waals surface area contributed by atoms with Crippen LogP contribution in [0, 0.1) is 5.92 Å². The quantitative estimate of drug-likeness (QED) is 0.121. The van der Waals surface area contributed by atoms with E-state index in [-0.39, 0.29) is 31.7 Å². The van der Waals surface area contributed by atoms with Gasteiger partial charge in [-0.3, -0.25) is 28.8 Å². The summed E-state index contributed by atoms with van der Waals surface area (Å²) >= 11 is 0. The van der Waals surface area contributed by atoms with Gasteiger partial charge in [0, 0.05) is 13.0 Å². The lowest BCUT2D eigenvalue weighted by atomic mass is 10.00. The maximum absolute atomic E-state index is 13.5. The van der Waals surface area contributed by atoms with Gasteiger partial charge in [0.25, 0.3) is 0 Å². The van der Waals surface area contributed by atoms with Crippen molar-refractivity contribution in [3.05, 3.63) is 35.9 Å². The molecule has 0 saturated carbocycles. The predicted molar refractivity (Wildman–Crippen MR) is 150 cm³/mol. The van der Waals surface area contributed by atoms with Crippen LogP contribution in [0.15, 0.2) is 30.3 Å². The highest BCUT2D eigenvalue weighted by atomic mass is 16.4. The largest absolute Gasteiger partial charge is 0.481 e. The third kappa shape index (κ3) is 11.0. The minimum absolute atomic E-state index is 0.0747. The van der Waals surface area contributed by atoms with E-state index in [2.05, 4.69) is 16.0 Å². The highest BCUT2D eigenvalue weighted by Crippen LogP contribution is 2.19. The van der Waals surface area contributed by atoms with Gasteiger partial charge in [-0.1, -0.05) is 44.2 Å². The van der Waals surface area contributed by atoms with E-state index in [1.807, 2.05) is 0 Å². The summed E-state index contributed by atoms with van der Waals surface area (Å²) in [6.45, 7) is 3.64. The van der Waals surface area contributed by atoms with Crippen molar-refractivity contribution in [2.45, 2.75) is 82.6 Å². The number of nitrogens with zero attached hydrogens (tertiary/aromatic N) is 1. The number of amides is 4. The number of hydrogen-bond acceptors (Lipinski definition) is 8. The van der Waals surface area contributed by atoms with E-state index in [1.54, 1.807) is 44.2 Å². The molecule has 0 aromatic heterocycles. The molecule has 1 saturated heterocycles. The van der Waals surface area contributed by atoms with Crippen molar-refractivity contribution in [1.29, 1.82) is 0 Å². The standard InChI is InChI=1S/C28H39N5O10/c1-15(2)11-18(30-24(38)17(29)13-22(34)35)25(39)31-19(12-16-7-4-3-5-8-16)26(40)32-20(14-23(36)37)27(41)33-10-6-9-21(33)28(42)43/h3-5,7-8,15,17-21H,6,9-14,29H2,1-2H3,(H,30,38)(H,31,39)(H,32,40)(H,34,35)(H,36,37)(H,42,43). The third-order valence-corrected chi connectivity index (χ3v) is 6.80. The fraction of sp³-hybridized carbons (Fsp3) is 0.536. The van der Waals surface area contributed by atoms with Crippen LogP contribution in [-0.2, 0) is 40.0 Å². The Labute approximate surface area is 248 Å². The number of rotatable bonds is 16. The van der Waals surface area contributed by atoms with E-state index in [0.29, 0.717) is 12.0 Å². The van der Waals surface area contributed by atoms with Crippen LogP contribution in [-0.4, -0.2) is 98.5 Å². The summed E-state index contributed by atoms with van der Waals surface area (Å²) in [4.78, 5) is 87.8. The third-order valence-electron chi connectivity index (χ3n) is 6.80. The first-order chi connectivity index (χ1) is 20.2. The number of carboxylic acids is 3. The van der Waals surface area contributed by atoms with Gasteiger partial charge < -0.3 is 41.9 Å². The van der Waals surface area contributed by atoms with Crippen LogP contribution in [0.3, 0.4) is 0 Å². The molecule has 1 aliphatic rings. The lowest BCUT2D eigenvalue weighted by Gasteiger charge is -2.29. The summed E-state index contributed by atoms with van der Waals surface area (Å²) in [5.41, 5.74) is 6.26. The van der Waals surface area contributed by atoms with Crippen LogP contribution in [0.4, 0.5) is 0 Å². The SMILES string of the molecule is CC(C)CC(NC(=O)C(N)CC(=O)O)C(=O)NC(Cc1ccccc1)C(=O)NC(CC(=O)O)C(=O)N1CCCC1C(=O)O. The van der Waals surface area contributed by atoms with Gasteiger partial charge in [0.05, 0.1) is 18.9 Å². The van der Waals surface area contributed by atoms with Crippen molar-refractivity contribution in [3.8, 4) is 0 Å². The van der Waals surface area contributed by atoms with Crippen LogP contribution >= 0.6 is 0 Å². The molecule has 1 aromatic rings. The number of likely N-dealkylation sites (tertiary alicyclic amines) is 1. The smallest absolute Gasteiger partial charge is 0.326 e. The summed E-state index contributed by atoms with van der Waals surface area (Å²) in [6, 6.07) is 1.78. The molecular weight excluding hydrogens is 566 g/mol. The second kappa shape index (κ2) is 16.2. The molecule has 4 amide bonds. The Kier molecular flexibility index (Phi) is 13.1. The molecule has 1 aromatic carbocycles. The fourth-order valence-electron chi connectivity index (χ4n) is 4.73. The molecule has 8 N–H and O–H groups in total. The molecule has 5 unspecified atom stereocenters. The highest BCUT2D eigenvalue weighted by Gasteiger charge is 2.39. The van der Waals surface area contributed by atoms with Gasteiger partial charge in [-0.25, -0.2) is 4.79 Å². The van der Waals surface area contributed by atoms with Gasteiger partial charge in [0.15, 0.2) is 0 Å². The number of hydrogen-bond donors (Lipinski definition) is 7. The molecule has 2 rings (SSSR count). The molecule has 0 bridgehead atoms. The van der Waals surface area contributed by atoms with E-state index < -0.39 is 84.6 Å². The first-order valence-electron chi connectivity index (χ1n) is 13.9. The first-order valence-corrected chi connectivity index (χ1v) is 13.9. The van der Waals surface area contributed by atoms with Crippen molar-refractivity contribution < 1.29 is 48.9 Å². The maximum Gasteiger partial charge on any atom is 0.326 e. The van der Waals surface area contributed by atoms with Gasteiger partial charge in [-0.2, -0.15) is 0 Å². The Morgan fingerprint density at radius 3 is 1.95 bits per heavy atom. The van der Waals surface area contributed by atoms with Crippen molar-refractivity contribution in [3.63, 3.8) is 0 Å². The van der Waals surface area contributed by atoms with Gasteiger partial charge >= 0.3 is 17.9 Å². The monoisotopic (exact) mass is 605 g/mol. The van der Waals surface area contributed by atoms with Gasteiger partial charge in [-0.05, 0) is 30.7 Å². The minimum Gasteiger partial charge on any atom is -0.481 e. The zero-order valence-corrected chi connectivity index (χ0v) is 24.0. The van der Waals surface area contributed by atoms with Crippen molar-refractivity contribution >= 4 is 41.5 Å². The summed E-state index contributed by atoms with van der Waals surface area (Å²) in [5.74, 6) is -7.52. The predicted octanol–water partition coefficient (Wildman–Crippen LogP) is -0.918. The second-order valence-corrected chi connectivity index (χ2v) is 10.8. The van der Waals surface area contributed by atoms with Crippen molar-refractivity contribution in [2.75, 3.05) is 6.54 Å². The molecule has 15 nitrogen and oxygen atoms in total. The number of carbonyl (C=O) groups is 7. The highest BCUT2D eigenvalue weighted by molar-refractivity contribution is 5.97. The Balaban J connectivity index is 2.32. The average molecular weight is 606 g/mol. The van der Waals surface area contributed by atoms with Crippen LogP contribution in [0.2, 0.25) is 0 Å². The number of nitrogens with one attached hydrogen (secondary N) is 3. The van der Waals surface area contributed by atoms with Gasteiger partial charge in [0.2, 0.25) is 23.6 Å². The average Bonchev–Trinajstić information content (AvgIpc) is 3.41. The summed E-state index contributed by atoms with van der Waals surface area (Å²) in [6.07, 6.45) is -0.882. The second-order valence-electron chi connectivity index (χ2n) is 10.8. The number of benzene rings is 1. The molecule has 236 valence electrons. The zero-order chi connectivity index (χ0) is 32.3. The number of carbonyl (C=O) groups excluding carboxylic acids is 4. The van der Waals surface area contributed by atoms with E-state index in [0.717, 1.165) is 4.90 Å². The summed E-state index contributed by atoms with van der Waals surface area (Å²) in [7, 11) is 0. The Morgan fingerprint density at radius 1 is 0.837 bits per heavy atom. The maximum atomic E-state index is 13.5. The molecule has 1 fully saturated rings. The number of aliphatic carboxylic acids is 3. The van der Waals surface area contributed by atoms with E-state index in [1.165, 1.54) is 0 Å². The first kappa shape index (κ1) is 34.7. The lowest BCUT2D eigenvalue weighted by Crippen LogP contribution is -2.59. The van der Waals surface area contributed by atoms with Crippen LogP contribution in [0.5, 0.6) is 0 Å². The van der Waals surface area contributed by atoms with E-state index in [4.69, 9.17) is 10.8 Å². The van der Waals surface area contributed by atoms with E-state index >= 15 is 0 Å². The van der Waals surface area contributed by atoms with Crippen molar-refractivity contribution in [2.24, 2.45) is 11.7 Å². The Hall–Kier alpha value is -4.53. The normalized spacial score (nSPS) is 17.3. The molecular formula is C28H39N5O10. The molecule has 0 aliphatic carbocycles. The summed E-state index contributed by atoms with van der Waals surface area (Å²) in [5, 5.41) is 35.2. The van der Waals surface area contributed by atoms with Crippen molar-refractivity contribution in [1.82, 2.24) is 20.9 Å². The van der Waals surface area contributed by atoms with Gasteiger partial charge in [-0.15, -0.1) is 0 Å². The number of carboxylic acid groups (broad SMARTS) is 3. The molecule has 5 atom stereocenters. The molecule has 0 radical (unpaired) electrons. The molecule has 0 spiro atoms. The summed E-state index contributed by atoms with van der Waals surface area (Å²) < 4.78 is 0. The Bertz CT molecular complexity index is 1190. The van der Waals surface area contributed by atoms with E-state index in [9.17, 15) is 43.8 Å². The minimum atomic E-state index is -1.61. The van der Waals surface area contributed by atoms with Crippen LogP contribution < -0.4 is 21.7 Å². The van der Waals surface area contributed by atoms with Crippen LogP contribution in [0.25, 0.3) is 0 Å². The zero-order valence-electron chi connectivity index (χ0n) is 24.0. The Morgan fingerprint density at radius 2 is 1.40 bits per heavy atom. The van der Waals surface area contributed by atoms with Gasteiger partial charge in [0.1, 0.15) is 24.2 Å². The lowest BCUT2D eigenvalue weighted by molar-refractivity contribution is -0.150. The molecule has 1 aliphatic heterocycles. The molecule has 15 heteroatoms. The fourth-order valence-corrected chi connectivity index (χ4v) is 4.73. The molecule has 1 heterocycles. The number of nitrogens with two attached hydrogens (primary N) is 1. The topological polar surface area (TPSA) is 246 Å². The molecule has 43 heavy (non-hydrogen) atoms. The van der Waals surface area contributed by atoms with Crippen LogP contribution in [0.1, 0.15) is 51.5 Å².